The van der Waals surface area contributed by atoms with Gasteiger partial charge in [-0.05, 0) is 25.7 Å². The predicted molar refractivity (Wildman–Crippen MR) is 89.5 cm³/mol. The van der Waals surface area contributed by atoms with Crippen LogP contribution in [-0.4, -0.2) is 45.2 Å². The van der Waals surface area contributed by atoms with Crippen molar-refractivity contribution in [2.75, 3.05) is 12.4 Å². The molecule has 0 bridgehead atoms. The number of hydrogen-bond donors (Lipinski definition) is 1. The average Bonchev–Trinajstić information content (AvgIpc) is 3.28. The molecular weight excluding hydrogens is 312 g/mol. The molecule has 2 fully saturated rings. The Hall–Kier alpha value is -1.08. The predicted octanol–water partition coefficient (Wildman–Crippen LogP) is 2.17. The second kappa shape index (κ2) is 8.15. The van der Waals surface area contributed by atoms with Crippen LogP contribution in [0.4, 0.5) is 0 Å². The molecule has 1 atom stereocenters. The van der Waals surface area contributed by atoms with E-state index in [9.17, 15) is 4.79 Å². The largest absolute Gasteiger partial charge is 0.376 e. The molecule has 1 aliphatic heterocycles. The van der Waals surface area contributed by atoms with Crippen molar-refractivity contribution in [1.82, 2.24) is 20.1 Å². The highest BCUT2D eigenvalue weighted by Crippen LogP contribution is 2.22. The molecule has 1 unspecified atom stereocenters. The molecule has 1 saturated heterocycles. The Morgan fingerprint density at radius 1 is 1.30 bits per heavy atom. The number of amides is 1. The van der Waals surface area contributed by atoms with E-state index in [-0.39, 0.29) is 12.0 Å². The normalized spacial score (nSPS) is 21.9. The first-order chi connectivity index (χ1) is 11.3. The molecule has 1 saturated carbocycles. The van der Waals surface area contributed by atoms with E-state index < -0.39 is 0 Å². The van der Waals surface area contributed by atoms with E-state index in [0.29, 0.717) is 11.8 Å². The standard InChI is InChI=1S/C16H26N4O2S/c1-2-14-18-19-16(20(14)10-13-8-5-9-22-13)23-11-15(21)17-12-6-3-4-7-12/h12-13H,2-11H2,1H3,(H,17,21). The molecule has 6 nitrogen and oxygen atoms in total. The third-order valence-electron chi connectivity index (χ3n) is 4.57. The molecule has 1 amide bonds. The summed E-state index contributed by atoms with van der Waals surface area (Å²) in [6.45, 7) is 3.72. The smallest absolute Gasteiger partial charge is 0.230 e. The van der Waals surface area contributed by atoms with Crippen molar-refractivity contribution in [1.29, 1.82) is 0 Å². The van der Waals surface area contributed by atoms with E-state index in [1.54, 1.807) is 0 Å². The first kappa shape index (κ1) is 16.8. The summed E-state index contributed by atoms with van der Waals surface area (Å²) in [5.41, 5.74) is 0. The Bertz CT molecular complexity index is 522. The number of ether oxygens (including phenoxy) is 1. The number of nitrogens with zero attached hydrogens (tertiary/aromatic N) is 3. The Kier molecular flexibility index (Phi) is 5.94. The molecule has 2 aliphatic rings. The third-order valence-corrected chi connectivity index (χ3v) is 5.54. The number of hydrogen-bond acceptors (Lipinski definition) is 5. The zero-order valence-electron chi connectivity index (χ0n) is 13.8. The van der Waals surface area contributed by atoms with Gasteiger partial charge in [-0.15, -0.1) is 10.2 Å². The first-order valence-corrected chi connectivity index (χ1v) is 9.70. The monoisotopic (exact) mass is 338 g/mol. The van der Waals surface area contributed by atoms with Crippen LogP contribution in [0.3, 0.4) is 0 Å². The van der Waals surface area contributed by atoms with Crippen LogP contribution in [-0.2, 0) is 22.5 Å². The number of carbonyl (C=O) groups excluding carboxylic acids is 1. The Labute approximate surface area is 141 Å². The van der Waals surface area contributed by atoms with Gasteiger partial charge in [0.2, 0.25) is 5.91 Å². The minimum absolute atomic E-state index is 0.103. The van der Waals surface area contributed by atoms with Crippen molar-refractivity contribution >= 4 is 17.7 Å². The highest BCUT2D eigenvalue weighted by molar-refractivity contribution is 7.99. The van der Waals surface area contributed by atoms with Crippen LogP contribution in [0.5, 0.6) is 0 Å². The summed E-state index contributed by atoms with van der Waals surface area (Å²) in [6, 6.07) is 0.374. The number of thioether (sulfide) groups is 1. The molecule has 0 spiro atoms. The molecule has 1 aromatic rings. The van der Waals surface area contributed by atoms with Crippen LogP contribution in [0.1, 0.15) is 51.3 Å². The summed E-state index contributed by atoms with van der Waals surface area (Å²) in [5.74, 6) is 1.48. The molecular formula is C16H26N4O2S. The van der Waals surface area contributed by atoms with E-state index in [1.807, 2.05) is 0 Å². The molecule has 128 valence electrons. The van der Waals surface area contributed by atoms with E-state index >= 15 is 0 Å². The zero-order valence-corrected chi connectivity index (χ0v) is 14.6. The minimum Gasteiger partial charge on any atom is -0.376 e. The summed E-state index contributed by atoms with van der Waals surface area (Å²) in [7, 11) is 0. The van der Waals surface area contributed by atoms with Crippen molar-refractivity contribution in [3.63, 3.8) is 0 Å². The van der Waals surface area contributed by atoms with Crippen molar-refractivity contribution in [3.05, 3.63) is 5.82 Å². The summed E-state index contributed by atoms with van der Waals surface area (Å²) in [6.07, 6.45) is 8.00. The van der Waals surface area contributed by atoms with Gasteiger partial charge in [0.1, 0.15) is 5.82 Å². The summed E-state index contributed by atoms with van der Waals surface area (Å²) < 4.78 is 7.86. The topological polar surface area (TPSA) is 69.0 Å². The van der Waals surface area contributed by atoms with E-state index in [0.717, 1.165) is 56.2 Å². The maximum atomic E-state index is 12.1. The SMILES string of the molecule is CCc1nnc(SCC(=O)NC2CCCC2)n1CC1CCCO1. The highest BCUT2D eigenvalue weighted by atomic mass is 32.2. The van der Waals surface area contributed by atoms with Crippen LogP contribution < -0.4 is 5.32 Å². The van der Waals surface area contributed by atoms with E-state index in [2.05, 4.69) is 27.0 Å². The van der Waals surface area contributed by atoms with Crippen molar-refractivity contribution in [2.24, 2.45) is 0 Å². The fraction of sp³-hybridized carbons (Fsp3) is 0.812. The lowest BCUT2D eigenvalue weighted by molar-refractivity contribution is -0.119. The van der Waals surface area contributed by atoms with Gasteiger partial charge in [-0.2, -0.15) is 0 Å². The fourth-order valence-corrected chi connectivity index (χ4v) is 4.11. The maximum absolute atomic E-state index is 12.1. The van der Waals surface area contributed by atoms with Gasteiger partial charge >= 0.3 is 0 Å². The van der Waals surface area contributed by atoms with Gasteiger partial charge in [0, 0.05) is 19.1 Å². The molecule has 1 aliphatic carbocycles. The van der Waals surface area contributed by atoms with Crippen LogP contribution in [0, 0.1) is 0 Å². The van der Waals surface area contributed by atoms with Crippen molar-refractivity contribution < 1.29 is 9.53 Å². The van der Waals surface area contributed by atoms with Gasteiger partial charge in [-0.25, -0.2) is 0 Å². The Morgan fingerprint density at radius 2 is 2.13 bits per heavy atom. The molecule has 0 aromatic carbocycles. The van der Waals surface area contributed by atoms with Crippen molar-refractivity contribution in [2.45, 2.75) is 75.7 Å². The van der Waals surface area contributed by atoms with E-state index in [1.165, 1.54) is 24.6 Å². The average molecular weight is 338 g/mol. The van der Waals surface area contributed by atoms with Crippen LogP contribution in [0.2, 0.25) is 0 Å². The second-order valence-corrected chi connectivity index (χ2v) is 7.28. The lowest BCUT2D eigenvalue weighted by atomic mass is 10.2. The number of aromatic nitrogens is 3. The first-order valence-electron chi connectivity index (χ1n) is 8.72. The second-order valence-electron chi connectivity index (χ2n) is 6.34. The number of rotatable bonds is 7. The van der Waals surface area contributed by atoms with Gasteiger partial charge < -0.3 is 14.6 Å². The van der Waals surface area contributed by atoms with Gasteiger partial charge in [0.05, 0.1) is 18.4 Å². The minimum atomic E-state index is 0.103. The molecule has 2 heterocycles. The lowest BCUT2D eigenvalue weighted by Crippen LogP contribution is -2.33. The fourth-order valence-electron chi connectivity index (χ4n) is 3.33. The highest BCUT2D eigenvalue weighted by Gasteiger charge is 2.22. The van der Waals surface area contributed by atoms with Gasteiger partial charge in [0.25, 0.3) is 0 Å². The number of aryl methyl sites for hydroxylation is 1. The lowest BCUT2D eigenvalue weighted by Gasteiger charge is -2.14. The number of carbonyl (C=O) groups is 1. The van der Waals surface area contributed by atoms with Gasteiger partial charge in [-0.1, -0.05) is 31.5 Å². The van der Waals surface area contributed by atoms with Crippen LogP contribution in [0.15, 0.2) is 5.16 Å². The molecule has 1 N–H and O–H groups in total. The zero-order chi connectivity index (χ0) is 16.1. The van der Waals surface area contributed by atoms with Crippen molar-refractivity contribution in [3.8, 4) is 0 Å². The quantitative estimate of drug-likeness (QED) is 0.772. The van der Waals surface area contributed by atoms with Crippen LogP contribution in [0.25, 0.3) is 0 Å². The third kappa shape index (κ3) is 4.47. The summed E-state index contributed by atoms with van der Waals surface area (Å²) in [5, 5.41) is 12.5. The molecule has 1 aromatic heterocycles. The molecule has 7 heteroatoms. The maximum Gasteiger partial charge on any atom is 0.230 e. The number of nitrogens with one attached hydrogen (secondary N) is 1. The molecule has 3 rings (SSSR count). The Balaban J connectivity index is 1.55. The molecule has 23 heavy (non-hydrogen) atoms. The van der Waals surface area contributed by atoms with E-state index in [4.69, 9.17) is 4.74 Å². The summed E-state index contributed by atoms with van der Waals surface area (Å²) >= 11 is 1.48. The molecule has 0 radical (unpaired) electrons. The van der Waals surface area contributed by atoms with Crippen LogP contribution >= 0.6 is 11.8 Å². The Morgan fingerprint density at radius 3 is 2.83 bits per heavy atom. The summed E-state index contributed by atoms with van der Waals surface area (Å²) in [4.78, 5) is 12.1. The van der Waals surface area contributed by atoms with Gasteiger partial charge in [-0.3, -0.25) is 4.79 Å². The van der Waals surface area contributed by atoms with Gasteiger partial charge in [0.15, 0.2) is 5.16 Å².